The molecule has 1 aliphatic rings. The molecular formula is C18H26N6O2. The van der Waals surface area contributed by atoms with Crippen molar-refractivity contribution in [2.45, 2.75) is 34.1 Å². The SMILES string of the molecule is CCNc1cc(C)nc(N2CCN(C(=O)Cc3c(C)noc3C)CC2)n1. The molecular weight excluding hydrogens is 332 g/mol. The van der Waals surface area contributed by atoms with Gasteiger partial charge in [-0.1, -0.05) is 5.16 Å². The molecule has 140 valence electrons. The maximum absolute atomic E-state index is 12.6. The van der Waals surface area contributed by atoms with Gasteiger partial charge in [0.1, 0.15) is 11.6 Å². The highest BCUT2D eigenvalue weighted by Gasteiger charge is 2.24. The summed E-state index contributed by atoms with van der Waals surface area (Å²) >= 11 is 0. The molecule has 0 spiro atoms. The van der Waals surface area contributed by atoms with Crippen molar-refractivity contribution in [3.8, 4) is 0 Å². The Kier molecular flexibility index (Phi) is 5.39. The summed E-state index contributed by atoms with van der Waals surface area (Å²) in [6.07, 6.45) is 0.340. The molecule has 26 heavy (non-hydrogen) atoms. The van der Waals surface area contributed by atoms with Gasteiger partial charge < -0.3 is 19.6 Å². The van der Waals surface area contributed by atoms with Crippen LogP contribution in [0.1, 0.15) is 29.6 Å². The zero-order valence-electron chi connectivity index (χ0n) is 15.9. The molecule has 1 aliphatic heterocycles. The monoisotopic (exact) mass is 358 g/mol. The second-order valence-corrected chi connectivity index (χ2v) is 6.57. The van der Waals surface area contributed by atoms with Crippen LogP contribution in [0.2, 0.25) is 0 Å². The second kappa shape index (κ2) is 7.72. The fraction of sp³-hybridized carbons (Fsp3) is 0.556. The lowest BCUT2D eigenvalue weighted by Crippen LogP contribution is -2.49. The van der Waals surface area contributed by atoms with Crippen molar-refractivity contribution in [1.82, 2.24) is 20.0 Å². The van der Waals surface area contributed by atoms with E-state index >= 15 is 0 Å². The van der Waals surface area contributed by atoms with E-state index in [1.165, 1.54) is 0 Å². The Hall–Kier alpha value is -2.64. The maximum Gasteiger partial charge on any atom is 0.227 e. The minimum absolute atomic E-state index is 0.109. The summed E-state index contributed by atoms with van der Waals surface area (Å²) in [5.74, 6) is 2.39. The summed E-state index contributed by atoms with van der Waals surface area (Å²) < 4.78 is 5.15. The van der Waals surface area contributed by atoms with E-state index in [0.717, 1.165) is 54.1 Å². The van der Waals surface area contributed by atoms with Crippen molar-refractivity contribution in [3.63, 3.8) is 0 Å². The number of aryl methyl sites for hydroxylation is 3. The number of aromatic nitrogens is 3. The minimum Gasteiger partial charge on any atom is -0.370 e. The van der Waals surface area contributed by atoms with Gasteiger partial charge >= 0.3 is 0 Å². The van der Waals surface area contributed by atoms with Crippen molar-refractivity contribution in [2.75, 3.05) is 42.9 Å². The fourth-order valence-electron chi connectivity index (χ4n) is 3.14. The molecule has 1 amide bonds. The molecule has 3 rings (SSSR count). The first-order valence-electron chi connectivity index (χ1n) is 9.02. The topological polar surface area (TPSA) is 87.4 Å². The Balaban J connectivity index is 1.61. The molecule has 0 saturated carbocycles. The number of carbonyl (C=O) groups is 1. The molecule has 3 heterocycles. The van der Waals surface area contributed by atoms with Crippen molar-refractivity contribution in [1.29, 1.82) is 0 Å². The number of anilines is 2. The van der Waals surface area contributed by atoms with Gasteiger partial charge in [0.2, 0.25) is 11.9 Å². The largest absolute Gasteiger partial charge is 0.370 e. The van der Waals surface area contributed by atoms with Crippen LogP contribution in [0, 0.1) is 20.8 Å². The van der Waals surface area contributed by atoms with E-state index in [0.29, 0.717) is 19.5 Å². The fourth-order valence-corrected chi connectivity index (χ4v) is 3.14. The van der Waals surface area contributed by atoms with Crippen LogP contribution in [-0.2, 0) is 11.2 Å². The maximum atomic E-state index is 12.6. The van der Waals surface area contributed by atoms with Crippen LogP contribution < -0.4 is 10.2 Å². The number of rotatable bonds is 5. The van der Waals surface area contributed by atoms with Crippen LogP contribution in [-0.4, -0.2) is 58.7 Å². The summed E-state index contributed by atoms with van der Waals surface area (Å²) in [6, 6.07) is 1.94. The predicted molar refractivity (Wildman–Crippen MR) is 99.4 cm³/mol. The Morgan fingerprint density at radius 3 is 2.54 bits per heavy atom. The molecule has 0 unspecified atom stereocenters. The Morgan fingerprint density at radius 2 is 1.92 bits per heavy atom. The van der Waals surface area contributed by atoms with Gasteiger partial charge in [0, 0.05) is 50.0 Å². The molecule has 0 aromatic carbocycles. The Morgan fingerprint density at radius 1 is 1.19 bits per heavy atom. The first-order valence-corrected chi connectivity index (χ1v) is 9.02. The normalized spacial score (nSPS) is 14.6. The Labute approximate surface area is 153 Å². The number of carbonyl (C=O) groups excluding carboxylic acids is 1. The van der Waals surface area contributed by atoms with Crippen LogP contribution >= 0.6 is 0 Å². The third kappa shape index (κ3) is 3.95. The smallest absolute Gasteiger partial charge is 0.227 e. The molecule has 8 nitrogen and oxygen atoms in total. The molecule has 1 fully saturated rings. The molecule has 2 aromatic rings. The van der Waals surface area contributed by atoms with E-state index in [1.807, 2.05) is 38.7 Å². The van der Waals surface area contributed by atoms with E-state index < -0.39 is 0 Å². The quantitative estimate of drug-likeness (QED) is 0.870. The van der Waals surface area contributed by atoms with Crippen LogP contribution in [0.5, 0.6) is 0 Å². The van der Waals surface area contributed by atoms with Gasteiger partial charge in [-0.2, -0.15) is 4.98 Å². The number of piperazine rings is 1. The number of nitrogens with one attached hydrogen (secondary N) is 1. The summed E-state index contributed by atoms with van der Waals surface area (Å²) in [5.41, 5.74) is 2.62. The van der Waals surface area contributed by atoms with Gasteiger partial charge in [0.15, 0.2) is 0 Å². The molecule has 0 atom stereocenters. The molecule has 1 N–H and O–H groups in total. The van der Waals surface area contributed by atoms with Crippen LogP contribution in [0.15, 0.2) is 10.6 Å². The van der Waals surface area contributed by atoms with E-state index in [1.54, 1.807) is 0 Å². The van der Waals surface area contributed by atoms with Crippen LogP contribution in [0.25, 0.3) is 0 Å². The van der Waals surface area contributed by atoms with E-state index in [2.05, 4.69) is 25.3 Å². The summed E-state index contributed by atoms with van der Waals surface area (Å²) in [5, 5.41) is 7.15. The average Bonchev–Trinajstić information content (AvgIpc) is 2.93. The first kappa shape index (κ1) is 18.2. The van der Waals surface area contributed by atoms with E-state index in [4.69, 9.17) is 4.52 Å². The lowest BCUT2D eigenvalue weighted by molar-refractivity contribution is -0.130. The zero-order chi connectivity index (χ0) is 18.7. The standard InChI is InChI=1S/C18H26N6O2/c1-5-19-16-10-12(2)20-18(21-16)24-8-6-23(7-9-24)17(25)11-15-13(3)22-26-14(15)4/h10H,5-9,11H2,1-4H3,(H,19,20,21). The minimum atomic E-state index is 0.109. The predicted octanol–water partition coefficient (Wildman–Crippen LogP) is 1.71. The van der Waals surface area contributed by atoms with Gasteiger partial charge in [0.25, 0.3) is 0 Å². The molecule has 0 aliphatic carbocycles. The van der Waals surface area contributed by atoms with E-state index in [9.17, 15) is 4.79 Å². The number of amides is 1. The number of hydrogen-bond donors (Lipinski definition) is 1. The lowest BCUT2D eigenvalue weighted by Gasteiger charge is -2.35. The number of hydrogen-bond acceptors (Lipinski definition) is 7. The molecule has 1 saturated heterocycles. The van der Waals surface area contributed by atoms with Gasteiger partial charge in [-0.15, -0.1) is 0 Å². The summed E-state index contributed by atoms with van der Waals surface area (Å²) in [6.45, 7) is 11.3. The zero-order valence-corrected chi connectivity index (χ0v) is 15.9. The van der Waals surface area contributed by atoms with Gasteiger partial charge in [-0.25, -0.2) is 4.98 Å². The van der Waals surface area contributed by atoms with Crippen LogP contribution in [0.3, 0.4) is 0 Å². The lowest BCUT2D eigenvalue weighted by atomic mass is 10.1. The third-order valence-corrected chi connectivity index (χ3v) is 4.62. The van der Waals surface area contributed by atoms with Crippen LogP contribution in [0.4, 0.5) is 11.8 Å². The second-order valence-electron chi connectivity index (χ2n) is 6.57. The highest BCUT2D eigenvalue weighted by Crippen LogP contribution is 2.18. The summed E-state index contributed by atoms with van der Waals surface area (Å²) in [7, 11) is 0. The molecule has 0 radical (unpaired) electrons. The van der Waals surface area contributed by atoms with Crippen molar-refractivity contribution in [3.05, 3.63) is 28.8 Å². The highest BCUT2D eigenvalue weighted by atomic mass is 16.5. The molecule has 8 heteroatoms. The first-order chi connectivity index (χ1) is 12.5. The highest BCUT2D eigenvalue weighted by molar-refractivity contribution is 5.79. The Bertz CT molecular complexity index is 760. The van der Waals surface area contributed by atoms with E-state index in [-0.39, 0.29) is 5.91 Å². The third-order valence-electron chi connectivity index (χ3n) is 4.62. The molecule has 2 aromatic heterocycles. The van der Waals surface area contributed by atoms with Crippen molar-refractivity contribution >= 4 is 17.7 Å². The van der Waals surface area contributed by atoms with Crippen molar-refractivity contribution in [2.24, 2.45) is 0 Å². The molecule has 0 bridgehead atoms. The van der Waals surface area contributed by atoms with Crippen molar-refractivity contribution < 1.29 is 9.32 Å². The average molecular weight is 358 g/mol. The summed E-state index contributed by atoms with van der Waals surface area (Å²) in [4.78, 5) is 25.8. The number of nitrogens with zero attached hydrogens (tertiary/aromatic N) is 5. The van der Waals surface area contributed by atoms with Gasteiger partial charge in [-0.05, 0) is 27.7 Å². The van der Waals surface area contributed by atoms with Gasteiger partial charge in [-0.3, -0.25) is 4.79 Å². The van der Waals surface area contributed by atoms with Gasteiger partial charge in [0.05, 0.1) is 12.1 Å².